The average molecular weight is 368 g/mol. The van der Waals surface area contributed by atoms with Crippen molar-refractivity contribution in [3.8, 4) is 11.4 Å². The van der Waals surface area contributed by atoms with Gasteiger partial charge in [-0.15, -0.1) is 10.2 Å². The monoisotopic (exact) mass is 368 g/mol. The topological polar surface area (TPSA) is 60.9 Å². The van der Waals surface area contributed by atoms with Crippen molar-refractivity contribution in [2.45, 2.75) is 33.2 Å². The Morgan fingerprint density at radius 3 is 2.78 bits per heavy atom. The Morgan fingerprint density at radius 2 is 1.96 bits per heavy atom. The standard InChI is InChI=1S/C19H18F2N6/c1-3-4-14-17(23-11-27-12(2)24-25-19(14)27)10-26-8-7-22-18(26)15-9-13(20)5-6-16(15)21/h5-9,11H,3-4,10H2,1-2H3. The second-order valence-corrected chi connectivity index (χ2v) is 6.36. The summed E-state index contributed by atoms with van der Waals surface area (Å²) in [4.78, 5) is 8.80. The predicted molar refractivity (Wildman–Crippen MR) is 96.2 cm³/mol. The number of nitrogens with zero attached hydrogens (tertiary/aromatic N) is 6. The van der Waals surface area contributed by atoms with Gasteiger partial charge in [0.2, 0.25) is 0 Å². The normalized spacial score (nSPS) is 11.4. The van der Waals surface area contributed by atoms with Crippen LogP contribution in [0.3, 0.4) is 0 Å². The summed E-state index contributed by atoms with van der Waals surface area (Å²) in [5.41, 5.74) is 2.71. The lowest BCUT2D eigenvalue weighted by molar-refractivity contribution is 0.600. The molecule has 4 aromatic rings. The second-order valence-electron chi connectivity index (χ2n) is 6.36. The summed E-state index contributed by atoms with van der Waals surface area (Å²) >= 11 is 0. The largest absolute Gasteiger partial charge is 0.325 e. The van der Waals surface area contributed by atoms with Crippen molar-refractivity contribution in [3.05, 3.63) is 65.6 Å². The van der Waals surface area contributed by atoms with Gasteiger partial charge in [-0.1, -0.05) is 13.3 Å². The molecule has 8 heteroatoms. The Hall–Kier alpha value is -3.16. The molecule has 0 spiro atoms. The number of aryl methyl sites for hydroxylation is 2. The SMILES string of the molecule is CCCc1c(Cn2ccnc2-c2cc(F)ccc2F)ncn2c(C)nnc12. The number of fused-ring (bicyclic) bond motifs is 1. The summed E-state index contributed by atoms with van der Waals surface area (Å²) < 4.78 is 31.4. The van der Waals surface area contributed by atoms with E-state index in [0.717, 1.165) is 53.8 Å². The van der Waals surface area contributed by atoms with Gasteiger partial charge >= 0.3 is 0 Å². The molecule has 0 unspecified atom stereocenters. The van der Waals surface area contributed by atoms with Crippen LogP contribution in [0.15, 0.2) is 36.9 Å². The summed E-state index contributed by atoms with van der Waals surface area (Å²) in [5, 5.41) is 8.40. The van der Waals surface area contributed by atoms with Crippen LogP contribution in [0.5, 0.6) is 0 Å². The van der Waals surface area contributed by atoms with Crippen LogP contribution in [0.2, 0.25) is 0 Å². The van der Waals surface area contributed by atoms with E-state index >= 15 is 0 Å². The number of hydrogen-bond donors (Lipinski definition) is 0. The summed E-state index contributed by atoms with van der Waals surface area (Å²) in [6.07, 6.45) is 6.71. The maximum absolute atomic E-state index is 14.2. The number of imidazole rings is 1. The van der Waals surface area contributed by atoms with Crippen molar-refractivity contribution in [2.75, 3.05) is 0 Å². The molecular weight excluding hydrogens is 350 g/mol. The first-order chi connectivity index (χ1) is 13.1. The van der Waals surface area contributed by atoms with Gasteiger partial charge in [0.25, 0.3) is 0 Å². The van der Waals surface area contributed by atoms with Crippen LogP contribution >= 0.6 is 0 Å². The van der Waals surface area contributed by atoms with Crippen LogP contribution in [0, 0.1) is 18.6 Å². The maximum atomic E-state index is 14.2. The van der Waals surface area contributed by atoms with Crippen molar-refractivity contribution >= 4 is 5.65 Å². The zero-order chi connectivity index (χ0) is 19.0. The first-order valence-electron chi connectivity index (χ1n) is 8.73. The highest BCUT2D eigenvalue weighted by atomic mass is 19.1. The smallest absolute Gasteiger partial charge is 0.167 e. The molecule has 0 aliphatic heterocycles. The molecule has 0 N–H and O–H groups in total. The molecule has 0 saturated carbocycles. The van der Waals surface area contributed by atoms with Crippen LogP contribution in [-0.4, -0.2) is 29.1 Å². The molecule has 0 saturated heterocycles. The minimum atomic E-state index is -0.519. The van der Waals surface area contributed by atoms with Crippen LogP contribution < -0.4 is 0 Å². The fraction of sp³-hybridized carbons (Fsp3) is 0.263. The Bertz CT molecular complexity index is 1110. The molecule has 138 valence electrons. The lowest BCUT2D eigenvalue weighted by atomic mass is 10.1. The van der Waals surface area contributed by atoms with Crippen LogP contribution in [0.4, 0.5) is 8.78 Å². The van der Waals surface area contributed by atoms with Gasteiger partial charge in [0.1, 0.15) is 29.6 Å². The van der Waals surface area contributed by atoms with Gasteiger partial charge in [-0.3, -0.25) is 4.40 Å². The Kier molecular flexibility index (Phi) is 4.39. The van der Waals surface area contributed by atoms with Crippen LogP contribution in [-0.2, 0) is 13.0 Å². The molecule has 0 bridgehead atoms. The Labute approximate surface area is 154 Å². The molecular formula is C19H18F2N6. The number of rotatable bonds is 5. The fourth-order valence-electron chi connectivity index (χ4n) is 3.20. The van der Waals surface area contributed by atoms with Gasteiger partial charge in [-0.05, 0) is 31.5 Å². The van der Waals surface area contributed by atoms with E-state index in [1.54, 1.807) is 23.3 Å². The molecule has 0 aliphatic carbocycles. The number of benzene rings is 1. The summed E-state index contributed by atoms with van der Waals surface area (Å²) in [6.45, 7) is 4.34. The maximum Gasteiger partial charge on any atom is 0.167 e. The minimum absolute atomic E-state index is 0.122. The van der Waals surface area contributed by atoms with Crippen LogP contribution in [0.1, 0.15) is 30.4 Å². The Morgan fingerprint density at radius 1 is 1.11 bits per heavy atom. The quantitative estimate of drug-likeness (QED) is 0.540. The molecule has 0 fully saturated rings. The average Bonchev–Trinajstić information content (AvgIpc) is 3.26. The van der Waals surface area contributed by atoms with Crippen molar-refractivity contribution in [2.24, 2.45) is 0 Å². The van der Waals surface area contributed by atoms with E-state index in [1.807, 2.05) is 11.3 Å². The first kappa shape index (κ1) is 17.3. The van der Waals surface area contributed by atoms with Gasteiger partial charge in [-0.2, -0.15) is 0 Å². The molecule has 0 radical (unpaired) electrons. The van der Waals surface area contributed by atoms with Crippen molar-refractivity contribution in [1.82, 2.24) is 29.1 Å². The molecule has 0 amide bonds. The molecule has 3 aromatic heterocycles. The van der Waals surface area contributed by atoms with Gasteiger partial charge in [-0.25, -0.2) is 18.7 Å². The van der Waals surface area contributed by atoms with E-state index in [1.165, 1.54) is 0 Å². The van der Waals surface area contributed by atoms with E-state index in [-0.39, 0.29) is 5.56 Å². The first-order valence-corrected chi connectivity index (χ1v) is 8.73. The highest BCUT2D eigenvalue weighted by molar-refractivity contribution is 5.57. The van der Waals surface area contributed by atoms with Gasteiger partial charge in [0, 0.05) is 18.0 Å². The van der Waals surface area contributed by atoms with E-state index < -0.39 is 11.6 Å². The number of halogens is 2. The highest BCUT2D eigenvalue weighted by Gasteiger charge is 2.17. The van der Waals surface area contributed by atoms with E-state index in [0.29, 0.717) is 12.4 Å². The zero-order valence-electron chi connectivity index (χ0n) is 15.0. The number of hydrogen-bond acceptors (Lipinski definition) is 4. The lowest BCUT2D eigenvalue weighted by Crippen LogP contribution is -2.09. The third-order valence-electron chi connectivity index (χ3n) is 4.52. The molecule has 0 atom stereocenters. The van der Waals surface area contributed by atoms with E-state index in [4.69, 9.17) is 0 Å². The van der Waals surface area contributed by atoms with E-state index in [2.05, 4.69) is 27.1 Å². The molecule has 4 rings (SSSR count). The minimum Gasteiger partial charge on any atom is -0.325 e. The van der Waals surface area contributed by atoms with Crippen molar-refractivity contribution in [3.63, 3.8) is 0 Å². The lowest BCUT2D eigenvalue weighted by Gasteiger charge is -2.12. The molecule has 27 heavy (non-hydrogen) atoms. The summed E-state index contributed by atoms with van der Waals surface area (Å²) in [5.74, 6) is 0.0977. The van der Waals surface area contributed by atoms with Crippen LogP contribution in [0.25, 0.3) is 17.0 Å². The molecule has 3 heterocycles. The summed E-state index contributed by atoms with van der Waals surface area (Å²) in [7, 11) is 0. The molecule has 6 nitrogen and oxygen atoms in total. The Balaban J connectivity index is 1.79. The summed E-state index contributed by atoms with van der Waals surface area (Å²) in [6, 6.07) is 3.35. The number of aromatic nitrogens is 6. The van der Waals surface area contributed by atoms with Gasteiger partial charge in [0.15, 0.2) is 5.65 Å². The highest BCUT2D eigenvalue weighted by Crippen LogP contribution is 2.24. The van der Waals surface area contributed by atoms with Crippen molar-refractivity contribution in [1.29, 1.82) is 0 Å². The van der Waals surface area contributed by atoms with Crippen molar-refractivity contribution < 1.29 is 8.78 Å². The van der Waals surface area contributed by atoms with Gasteiger partial charge < -0.3 is 4.57 Å². The fourth-order valence-corrected chi connectivity index (χ4v) is 3.20. The zero-order valence-corrected chi connectivity index (χ0v) is 15.0. The second kappa shape index (κ2) is 6.86. The van der Waals surface area contributed by atoms with Gasteiger partial charge in [0.05, 0.1) is 17.8 Å². The molecule has 0 aliphatic rings. The predicted octanol–water partition coefficient (Wildman–Crippen LogP) is 3.58. The molecule has 1 aromatic carbocycles. The third kappa shape index (κ3) is 3.07. The van der Waals surface area contributed by atoms with E-state index in [9.17, 15) is 8.78 Å². The third-order valence-corrected chi connectivity index (χ3v) is 4.52.